The van der Waals surface area contributed by atoms with Crippen LogP contribution < -0.4 is 5.32 Å². The lowest BCUT2D eigenvalue weighted by atomic mass is 10.2. The largest absolute Gasteiger partial charge is 0.356 e. The first-order valence-electron chi connectivity index (χ1n) is 9.72. The van der Waals surface area contributed by atoms with Gasteiger partial charge in [-0.05, 0) is 45.8 Å². The summed E-state index contributed by atoms with van der Waals surface area (Å²) in [6.45, 7) is 7.20. The maximum absolute atomic E-state index is 4.51. The number of imidazole rings is 1. The van der Waals surface area contributed by atoms with Crippen LogP contribution in [0.3, 0.4) is 0 Å². The smallest absolute Gasteiger partial charge is 0.193 e. The fraction of sp³-hybridized carbons (Fsp3) is 0.524. The number of nitrogens with zero attached hydrogens (tertiary/aromatic N) is 4. The third-order valence-corrected chi connectivity index (χ3v) is 4.78. The van der Waals surface area contributed by atoms with Crippen LogP contribution in [0.1, 0.15) is 32.5 Å². The van der Waals surface area contributed by atoms with Gasteiger partial charge >= 0.3 is 0 Å². The molecule has 0 bridgehead atoms. The summed E-state index contributed by atoms with van der Waals surface area (Å²) in [5.74, 6) is 1.82. The quantitative estimate of drug-likeness (QED) is 0.404. The predicted octanol–water partition coefficient (Wildman–Crippen LogP) is 3.20. The summed E-state index contributed by atoms with van der Waals surface area (Å²) < 4.78 is 0. The fourth-order valence-electron chi connectivity index (χ4n) is 2.84. The molecule has 0 atom stereocenters. The zero-order chi connectivity index (χ0) is 19.6. The van der Waals surface area contributed by atoms with Gasteiger partial charge in [-0.3, -0.25) is 4.99 Å². The molecule has 0 spiro atoms. The van der Waals surface area contributed by atoms with E-state index in [1.165, 1.54) is 6.42 Å². The van der Waals surface area contributed by atoms with Crippen LogP contribution in [0, 0.1) is 0 Å². The van der Waals surface area contributed by atoms with Crippen LogP contribution in [0.4, 0.5) is 0 Å². The average Bonchev–Trinajstić information content (AvgIpc) is 3.13. The molecule has 2 aromatic rings. The summed E-state index contributed by atoms with van der Waals surface area (Å²) in [4.78, 5) is 16.8. The van der Waals surface area contributed by atoms with E-state index >= 15 is 0 Å². The summed E-state index contributed by atoms with van der Waals surface area (Å²) in [6.07, 6.45) is 4.20. The molecule has 1 aromatic heterocycles. The lowest BCUT2D eigenvalue weighted by Gasteiger charge is -2.22. The molecule has 0 unspecified atom stereocenters. The lowest BCUT2D eigenvalue weighted by Crippen LogP contribution is -2.39. The molecule has 0 amide bonds. The first kappa shape index (κ1) is 21.0. The maximum Gasteiger partial charge on any atom is 0.193 e. The van der Waals surface area contributed by atoms with Gasteiger partial charge in [-0.25, -0.2) is 4.98 Å². The highest BCUT2D eigenvalue weighted by molar-refractivity contribution is 5.79. The predicted molar refractivity (Wildman–Crippen MR) is 114 cm³/mol. The maximum atomic E-state index is 4.51. The molecule has 2 rings (SSSR count). The van der Waals surface area contributed by atoms with E-state index in [0.717, 1.165) is 42.6 Å². The van der Waals surface area contributed by atoms with Crippen LogP contribution in [0.5, 0.6) is 0 Å². The number of unbranched alkanes of at least 4 members (excludes halogenated alkanes) is 1. The molecule has 0 radical (unpaired) electrons. The Morgan fingerprint density at radius 1 is 1.19 bits per heavy atom. The number of aromatic nitrogens is 2. The van der Waals surface area contributed by atoms with Gasteiger partial charge in [0, 0.05) is 26.7 Å². The zero-order valence-corrected chi connectivity index (χ0v) is 17.4. The van der Waals surface area contributed by atoms with Gasteiger partial charge in [0.25, 0.3) is 0 Å². The van der Waals surface area contributed by atoms with Gasteiger partial charge in [0.15, 0.2) is 5.96 Å². The van der Waals surface area contributed by atoms with Crippen LogP contribution in [0.2, 0.25) is 0 Å². The number of guanidine groups is 1. The van der Waals surface area contributed by atoms with Crippen molar-refractivity contribution in [2.45, 2.75) is 39.3 Å². The van der Waals surface area contributed by atoms with Gasteiger partial charge in [-0.15, -0.1) is 0 Å². The second-order valence-electron chi connectivity index (χ2n) is 7.22. The third-order valence-electron chi connectivity index (χ3n) is 4.78. The summed E-state index contributed by atoms with van der Waals surface area (Å²) in [7, 11) is 6.04. The van der Waals surface area contributed by atoms with Crippen molar-refractivity contribution >= 4 is 5.96 Å². The van der Waals surface area contributed by atoms with E-state index < -0.39 is 0 Å². The minimum absolute atomic E-state index is 0.603. The molecule has 0 aliphatic rings. The van der Waals surface area contributed by atoms with Gasteiger partial charge < -0.3 is 20.1 Å². The normalized spacial score (nSPS) is 12.0. The minimum Gasteiger partial charge on any atom is -0.356 e. The van der Waals surface area contributed by atoms with E-state index in [0.29, 0.717) is 12.6 Å². The van der Waals surface area contributed by atoms with Crippen LogP contribution in [0.15, 0.2) is 41.5 Å². The molecule has 0 fully saturated rings. The van der Waals surface area contributed by atoms with Crippen LogP contribution in [0.25, 0.3) is 11.3 Å². The zero-order valence-electron chi connectivity index (χ0n) is 17.4. The van der Waals surface area contributed by atoms with Crippen LogP contribution in [-0.4, -0.2) is 66.0 Å². The van der Waals surface area contributed by atoms with E-state index in [9.17, 15) is 0 Å². The molecular formula is C21H34N6. The van der Waals surface area contributed by atoms with Gasteiger partial charge in [0.2, 0.25) is 0 Å². The number of nitrogens with one attached hydrogen (secondary N) is 2. The van der Waals surface area contributed by atoms with Crippen LogP contribution >= 0.6 is 0 Å². The van der Waals surface area contributed by atoms with Crippen molar-refractivity contribution in [3.8, 4) is 11.3 Å². The topological polar surface area (TPSA) is 59.6 Å². The van der Waals surface area contributed by atoms with E-state index in [1.54, 1.807) is 0 Å². The van der Waals surface area contributed by atoms with Crippen molar-refractivity contribution in [3.63, 3.8) is 0 Å². The molecule has 1 aromatic carbocycles. The third kappa shape index (κ3) is 6.71. The Labute approximate surface area is 163 Å². The molecule has 148 valence electrons. The number of rotatable bonds is 9. The van der Waals surface area contributed by atoms with Crippen LogP contribution in [-0.2, 0) is 6.54 Å². The van der Waals surface area contributed by atoms with Crippen molar-refractivity contribution in [2.75, 3.05) is 34.2 Å². The van der Waals surface area contributed by atoms with Crippen molar-refractivity contribution in [2.24, 2.45) is 4.99 Å². The van der Waals surface area contributed by atoms with E-state index in [2.05, 4.69) is 63.1 Å². The molecule has 6 heteroatoms. The summed E-state index contributed by atoms with van der Waals surface area (Å²) in [6, 6.07) is 10.9. The molecule has 1 heterocycles. The Kier molecular flexibility index (Phi) is 8.33. The standard InChI is InChI=1S/C21H34N6/c1-17(2)26(4)14-10-9-13-23-21(22-3)27(5)16-20-24-15-19(25-20)18-11-7-6-8-12-18/h6-8,11-12,15,17H,9-10,13-14,16H2,1-5H3,(H,22,23)(H,24,25). The number of aromatic amines is 1. The Balaban J connectivity index is 1.78. The summed E-state index contributed by atoms with van der Waals surface area (Å²) in [5, 5.41) is 3.45. The fourth-order valence-corrected chi connectivity index (χ4v) is 2.84. The molecule has 0 aliphatic heterocycles. The second kappa shape index (κ2) is 10.7. The molecular weight excluding hydrogens is 336 g/mol. The van der Waals surface area contributed by atoms with Gasteiger partial charge in [-0.2, -0.15) is 0 Å². The second-order valence-corrected chi connectivity index (χ2v) is 7.22. The number of benzene rings is 1. The molecule has 0 saturated heterocycles. The average molecular weight is 371 g/mol. The first-order valence-corrected chi connectivity index (χ1v) is 9.72. The van der Waals surface area contributed by atoms with E-state index in [-0.39, 0.29) is 0 Å². The Bertz CT molecular complexity index is 692. The van der Waals surface area contributed by atoms with Crippen molar-refractivity contribution < 1.29 is 0 Å². The first-order chi connectivity index (χ1) is 13.0. The number of aliphatic imine (C=N–C) groups is 1. The van der Waals surface area contributed by atoms with Gasteiger partial charge in [0.1, 0.15) is 5.82 Å². The summed E-state index contributed by atoms with van der Waals surface area (Å²) >= 11 is 0. The van der Waals surface area contributed by atoms with E-state index in [4.69, 9.17) is 0 Å². The van der Waals surface area contributed by atoms with Gasteiger partial charge in [-0.1, -0.05) is 30.3 Å². The van der Waals surface area contributed by atoms with Crippen molar-refractivity contribution in [1.82, 2.24) is 25.1 Å². The highest BCUT2D eigenvalue weighted by atomic mass is 15.3. The number of H-pyrrole nitrogens is 1. The minimum atomic E-state index is 0.603. The highest BCUT2D eigenvalue weighted by Crippen LogP contribution is 2.16. The number of hydrogen-bond donors (Lipinski definition) is 2. The van der Waals surface area contributed by atoms with Gasteiger partial charge in [0.05, 0.1) is 18.4 Å². The Morgan fingerprint density at radius 2 is 1.93 bits per heavy atom. The molecule has 0 aliphatic carbocycles. The monoisotopic (exact) mass is 370 g/mol. The molecule has 6 nitrogen and oxygen atoms in total. The SMILES string of the molecule is CN=C(NCCCCN(C)C(C)C)N(C)Cc1ncc(-c2ccccc2)[nH]1. The van der Waals surface area contributed by atoms with Crippen molar-refractivity contribution in [1.29, 1.82) is 0 Å². The lowest BCUT2D eigenvalue weighted by molar-refractivity contribution is 0.268. The molecule has 27 heavy (non-hydrogen) atoms. The Morgan fingerprint density at radius 3 is 2.59 bits per heavy atom. The van der Waals surface area contributed by atoms with E-state index in [1.807, 2.05) is 38.5 Å². The van der Waals surface area contributed by atoms with Crippen molar-refractivity contribution in [3.05, 3.63) is 42.4 Å². The molecule has 0 saturated carbocycles. The molecule has 2 N–H and O–H groups in total. The Hall–Kier alpha value is -2.34. The highest BCUT2D eigenvalue weighted by Gasteiger charge is 2.10. The number of hydrogen-bond acceptors (Lipinski definition) is 3. The summed E-state index contributed by atoms with van der Waals surface area (Å²) in [5.41, 5.74) is 2.18.